The highest BCUT2D eigenvalue weighted by Crippen LogP contribution is 2.37. The molecule has 2 aliphatic heterocycles. The molecule has 1 aromatic heterocycles. The maximum Gasteiger partial charge on any atom is 0.255 e. The zero-order valence-corrected chi connectivity index (χ0v) is 23.1. The second-order valence-electron chi connectivity index (χ2n) is 10.7. The molecule has 1 N–H and O–H groups in total. The lowest BCUT2D eigenvalue weighted by molar-refractivity contribution is -0.114. The molecule has 6 rings (SSSR count). The van der Waals surface area contributed by atoms with Crippen molar-refractivity contribution in [3.63, 3.8) is 0 Å². The number of aliphatic imine (C=N–C) groups is 1. The lowest BCUT2D eigenvalue weighted by Crippen LogP contribution is -2.35. The first-order valence-electron chi connectivity index (χ1n) is 14.1. The van der Waals surface area contributed by atoms with E-state index in [0.29, 0.717) is 35.0 Å². The van der Waals surface area contributed by atoms with Crippen LogP contribution in [0.25, 0.3) is 16.7 Å². The number of morpholine rings is 1. The van der Waals surface area contributed by atoms with Gasteiger partial charge in [-0.2, -0.15) is 0 Å². The van der Waals surface area contributed by atoms with Gasteiger partial charge in [-0.3, -0.25) is 19.7 Å². The van der Waals surface area contributed by atoms with Crippen LogP contribution < -0.4 is 5.32 Å². The number of aromatic nitrogens is 1. The van der Waals surface area contributed by atoms with Gasteiger partial charge in [0.15, 0.2) is 0 Å². The number of fused-ring (bicyclic) bond motifs is 1. The average Bonchev–Trinajstić information content (AvgIpc) is 3.23. The van der Waals surface area contributed by atoms with Crippen LogP contribution in [-0.2, 0) is 16.1 Å². The third-order valence-corrected chi connectivity index (χ3v) is 7.83. The van der Waals surface area contributed by atoms with E-state index in [1.165, 1.54) is 6.07 Å². The van der Waals surface area contributed by atoms with Crippen molar-refractivity contribution in [3.8, 4) is 11.1 Å². The van der Waals surface area contributed by atoms with E-state index in [0.717, 1.165) is 67.1 Å². The number of benzene rings is 2. The second-order valence-corrected chi connectivity index (χ2v) is 10.7. The van der Waals surface area contributed by atoms with Crippen LogP contribution in [0.1, 0.15) is 41.5 Å². The van der Waals surface area contributed by atoms with Crippen molar-refractivity contribution in [1.29, 1.82) is 0 Å². The second kappa shape index (κ2) is 12.1. The first-order valence-corrected chi connectivity index (χ1v) is 14.1. The molecule has 0 bridgehead atoms. The highest BCUT2D eigenvalue weighted by molar-refractivity contribution is 6.21. The summed E-state index contributed by atoms with van der Waals surface area (Å²) in [7, 11) is 0. The Balaban J connectivity index is 1.21. The number of nitrogens with one attached hydrogen (secondary N) is 1. The van der Waals surface area contributed by atoms with Crippen molar-refractivity contribution in [3.05, 3.63) is 119 Å². The number of hydrogen-bond donors (Lipinski definition) is 1. The van der Waals surface area contributed by atoms with Crippen LogP contribution in [0.3, 0.4) is 0 Å². The molecule has 1 aliphatic carbocycles. The van der Waals surface area contributed by atoms with Crippen LogP contribution >= 0.6 is 0 Å². The Kier molecular flexibility index (Phi) is 7.98. The van der Waals surface area contributed by atoms with E-state index in [1.54, 1.807) is 30.4 Å². The standard InChI is InChI=1S/C34H33FN4O2/c1-23-6-9-29(34(40)38-27-8-11-33(37-13-12-27)30-4-2-3-5-32(30)35)31-19-25(7-10-28(23)31)26-18-24(20-36-21-26)22-39-14-16-41-17-15-39/h2-5,7-12,18-21,23H,6,13-17,22H2,1H3,(H,38,40)/t23-/m1/s1. The van der Waals surface area contributed by atoms with Crippen molar-refractivity contribution in [1.82, 2.24) is 15.2 Å². The molecule has 3 aliphatic rings. The minimum atomic E-state index is -0.320. The summed E-state index contributed by atoms with van der Waals surface area (Å²) in [6.45, 7) is 6.74. The van der Waals surface area contributed by atoms with Crippen LogP contribution in [-0.4, -0.2) is 54.4 Å². The lowest BCUT2D eigenvalue weighted by atomic mass is 9.82. The normalized spacial score (nSPS) is 19.0. The predicted molar refractivity (Wildman–Crippen MR) is 160 cm³/mol. The minimum absolute atomic E-state index is 0.167. The van der Waals surface area contributed by atoms with E-state index in [1.807, 2.05) is 24.5 Å². The van der Waals surface area contributed by atoms with E-state index in [-0.39, 0.29) is 11.7 Å². The van der Waals surface area contributed by atoms with Gasteiger partial charge in [0.1, 0.15) is 5.82 Å². The predicted octanol–water partition coefficient (Wildman–Crippen LogP) is 5.67. The van der Waals surface area contributed by atoms with Gasteiger partial charge in [0.25, 0.3) is 5.91 Å². The molecule has 0 unspecified atom stereocenters. The number of ether oxygens (including phenoxy) is 1. The number of carbonyl (C=O) groups is 1. The Morgan fingerprint density at radius 3 is 2.73 bits per heavy atom. The average molecular weight is 549 g/mol. The minimum Gasteiger partial charge on any atom is -0.379 e. The molecule has 0 saturated carbocycles. The third-order valence-electron chi connectivity index (χ3n) is 7.83. The van der Waals surface area contributed by atoms with Gasteiger partial charge >= 0.3 is 0 Å². The molecule has 6 nitrogen and oxygen atoms in total. The number of hydrogen-bond acceptors (Lipinski definition) is 5. The molecular formula is C34H33FN4O2. The van der Waals surface area contributed by atoms with Crippen molar-refractivity contribution >= 4 is 17.2 Å². The van der Waals surface area contributed by atoms with Gasteiger partial charge in [0.2, 0.25) is 0 Å². The smallest absolute Gasteiger partial charge is 0.255 e. The van der Waals surface area contributed by atoms with Gasteiger partial charge in [-0.15, -0.1) is 0 Å². The SMILES string of the molecule is C[C@@H]1CC=C(C(=O)NC2=CCN=C(c3ccccc3F)C=C2)c2cc(-c3cncc(CN4CCOCC4)c3)ccc21. The van der Waals surface area contributed by atoms with E-state index < -0.39 is 0 Å². The molecular weight excluding hydrogens is 515 g/mol. The van der Waals surface area contributed by atoms with Crippen LogP contribution in [0, 0.1) is 5.82 Å². The Labute approximate surface area is 240 Å². The molecule has 208 valence electrons. The molecule has 7 heteroatoms. The molecule has 41 heavy (non-hydrogen) atoms. The number of halogens is 1. The summed E-state index contributed by atoms with van der Waals surface area (Å²) in [5, 5.41) is 3.06. The molecule has 1 fully saturated rings. The fourth-order valence-electron chi connectivity index (χ4n) is 5.56. The molecule has 0 spiro atoms. The number of nitrogens with zero attached hydrogens (tertiary/aromatic N) is 3. The van der Waals surface area contributed by atoms with Gasteiger partial charge in [-0.25, -0.2) is 4.39 Å². The summed E-state index contributed by atoms with van der Waals surface area (Å²) in [6, 6.07) is 15.1. The molecule has 1 amide bonds. The summed E-state index contributed by atoms with van der Waals surface area (Å²) in [5.41, 5.74) is 7.62. The van der Waals surface area contributed by atoms with E-state index in [9.17, 15) is 9.18 Å². The van der Waals surface area contributed by atoms with E-state index in [4.69, 9.17) is 4.74 Å². The Morgan fingerprint density at radius 1 is 1.02 bits per heavy atom. The van der Waals surface area contributed by atoms with Gasteiger partial charge in [0, 0.05) is 54.4 Å². The Hall–Kier alpha value is -4.20. The quantitative estimate of drug-likeness (QED) is 0.431. The summed E-state index contributed by atoms with van der Waals surface area (Å²) in [4.78, 5) is 25.0. The first kappa shape index (κ1) is 27.0. The van der Waals surface area contributed by atoms with E-state index >= 15 is 0 Å². The highest BCUT2D eigenvalue weighted by atomic mass is 19.1. The topological polar surface area (TPSA) is 66.8 Å². The third kappa shape index (κ3) is 6.11. The largest absolute Gasteiger partial charge is 0.379 e. The van der Waals surface area contributed by atoms with Crippen LogP contribution in [0.5, 0.6) is 0 Å². The van der Waals surface area contributed by atoms with Crippen LogP contribution in [0.2, 0.25) is 0 Å². The molecule has 1 saturated heterocycles. The summed E-state index contributed by atoms with van der Waals surface area (Å²) >= 11 is 0. The van der Waals surface area contributed by atoms with Crippen molar-refractivity contribution in [2.75, 3.05) is 32.8 Å². The fraction of sp³-hybridized carbons (Fsp3) is 0.265. The summed E-state index contributed by atoms with van der Waals surface area (Å²) in [5.74, 6) is -0.172. The monoisotopic (exact) mass is 548 g/mol. The molecule has 2 aromatic carbocycles. The number of amides is 1. The fourth-order valence-corrected chi connectivity index (χ4v) is 5.56. The van der Waals surface area contributed by atoms with Gasteiger partial charge < -0.3 is 10.1 Å². The zero-order valence-electron chi connectivity index (χ0n) is 23.1. The first-order chi connectivity index (χ1) is 20.0. The van der Waals surface area contributed by atoms with Crippen molar-refractivity contribution in [2.45, 2.75) is 25.8 Å². The highest BCUT2D eigenvalue weighted by Gasteiger charge is 2.24. The summed E-state index contributed by atoms with van der Waals surface area (Å²) < 4.78 is 19.8. The molecule has 0 radical (unpaired) electrons. The van der Waals surface area contributed by atoms with Crippen LogP contribution in [0.4, 0.5) is 4.39 Å². The van der Waals surface area contributed by atoms with Crippen molar-refractivity contribution in [2.24, 2.45) is 4.99 Å². The van der Waals surface area contributed by atoms with Gasteiger partial charge in [0.05, 0.1) is 25.5 Å². The Morgan fingerprint density at radius 2 is 1.88 bits per heavy atom. The maximum atomic E-state index is 14.3. The maximum absolute atomic E-state index is 14.3. The van der Waals surface area contributed by atoms with Crippen LogP contribution in [0.15, 0.2) is 95.9 Å². The molecule has 3 aromatic rings. The summed E-state index contributed by atoms with van der Waals surface area (Å²) in [6.07, 6.45) is 12.0. The number of carbonyl (C=O) groups excluding carboxylic acids is 1. The molecule has 1 atom stereocenters. The lowest BCUT2D eigenvalue weighted by Gasteiger charge is -2.26. The van der Waals surface area contributed by atoms with E-state index in [2.05, 4.69) is 51.4 Å². The number of allylic oxidation sites excluding steroid dienone is 3. The van der Waals surface area contributed by atoms with Gasteiger partial charge in [-0.05, 0) is 77.1 Å². The number of rotatable bonds is 6. The zero-order chi connectivity index (χ0) is 28.2. The van der Waals surface area contributed by atoms with Crippen molar-refractivity contribution < 1.29 is 13.9 Å². The number of pyridine rings is 1. The molecule has 3 heterocycles. The Bertz CT molecular complexity index is 1580. The van der Waals surface area contributed by atoms with Gasteiger partial charge in [-0.1, -0.05) is 37.3 Å².